The van der Waals surface area contributed by atoms with Crippen molar-refractivity contribution in [3.05, 3.63) is 83.0 Å². The molecule has 0 aliphatic rings. The molecule has 0 bridgehead atoms. The maximum Gasteiger partial charge on any atom is 0.418 e. The fraction of sp³-hybridized carbons (Fsp3) is 0.160. The van der Waals surface area contributed by atoms with Crippen LogP contribution in [-0.4, -0.2) is 30.9 Å². The van der Waals surface area contributed by atoms with E-state index in [4.69, 9.17) is 5.11 Å². The second-order valence-electron chi connectivity index (χ2n) is 7.68. The van der Waals surface area contributed by atoms with Gasteiger partial charge in [0.05, 0.1) is 21.7 Å². The smallest absolute Gasteiger partial charge is 0.396 e. The Morgan fingerprint density at radius 3 is 2.35 bits per heavy atom. The van der Waals surface area contributed by atoms with Gasteiger partial charge in [0.25, 0.3) is 0 Å². The van der Waals surface area contributed by atoms with Gasteiger partial charge in [-0.2, -0.15) is 13.2 Å². The van der Waals surface area contributed by atoms with Crippen molar-refractivity contribution in [3.63, 3.8) is 0 Å². The Hall–Kier alpha value is -2.75. The van der Waals surface area contributed by atoms with E-state index in [1.807, 2.05) is 6.07 Å². The number of halogens is 4. The Balaban J connectivity index is 1.82. The number of alkyl halides is 3. The predicted molar refractivity (Wildman–Crippen MR) is 129 cm³/mol. The zero-order valence-electron chi connectivity index (χ0n) is 17.7. The van der Waals surface area contributed by atoms with E-state index in [1.165, 1.54) is 12.3 Å². The SMILES string of the molecule is O=S(=O)(CCCO)c1cc(-c2cccc(-c3ccnc4c(C(F)(F)F)cccc34)c2)ccc1Br. The lowest BCUT2D eigenvalue weighted by atomic mass is 9.96. The van der Waals surface area contributed by atoms with Crippen LogP contribution >= 0.6 is 15.9 Å². The van der Waals surface area contributed by atoms with Crippen molar-refractivity contribution in [3.8, 4) is 22.3 Å². The van der Waals surface area contributed by atoms with Gasteiger partial charge in [0.15, 0.2) is 9.84 Å². The van der Waals surface area contributed by atoms with Crippen molar-refractivity contribution < 1.29 is 26.7 Å². The molecule has 0 radical (unpaired) electrons. The molecular weight excluding hydrogens is 531 g/mol. The molecule has 4 nitrogen and oxygen atoms in total. The van der Waals surface area contributed by atoms with Gasteiger partial charge in [0, 0.05) is 22.7 Å². The van der Waals surface area contributed by atoms with Crippen LogP contribution in [0.15, 0.2) is 82.3 Å². The van der Waals surface area contributed by atoms with Crippen LogP contribution in [0.4, 0.5) is 13.2 Å². The summed E-state index contributed by atoms with van der Waals surface area (Å²) in [5.74, 6) is -0.184. The minimum atomic E-state index is -4.53. The Labute approximate surface area is 203 Å². The second kappa shape index (κ2) is 9.48. The Morgan fingerprint density at radius 2 is 1.62 bits per heavy atom. The summed E-state index contributed by atoms with van der Waals surface area (Å²) in [6.07, 6.45) is -3.04. The van der Waals surface area contributed by atoms with Gasteiger partial charge in [-0.05, 0) is 74.9 Å². The number of sulfone groups is 1. The maximum atomic E-state index is 13.5. The number of rotatable bonds is 6. The average Bonchev–Trinajstić information content (AvgIpc) is 2.81. The fourth-order valence-corrected chi connectivity index (χ4v) is 6.20. The van der Waals surface area contributed by atoms with Crippen molar-refractivity contribution >= 4 is 36.7 Å². The zero-order valence-corrected chi connectivity index (χ0v) is 20.1. The molecule has 9 heteroatoms. The molecule has 3 aromatic carbocycles. The molecular formula is C25H19BrF3NO3S. The van der Waals surface area contributed by atoms with E-state index in [-0.39, 0.29) is 29.2 Å². The summed E-state index contributed by atoms with van der Waals surface area (Å²) < 4.78 is 66.3. The number of hydrogen-bond acceptors (Lipinski definition) is 4. The quantitative estimate of drug-likeness (QED) is 0.298. The number of aliphatic hydroxyl groups excluding tert-OH is 1. The van der Waals surface area contributed by atoms with E-state index in [0.29, 0.717) is 32.1 Å². The van der Waals surface area contributed by atoms with Crippen molar-refractivity contribution in [2.45, 2.75) is 17.5 Å². The normalized spacial score (nSPS) is 12.3. The molecule has 0 saturated carbocycles. The minimum Gasteiger partial charge on any atom is -0.396 e. The number of aromatic nitrogens is 1. The third kappa shape index (κ3) is 4.87. The van der Waals surface area contributed by atoms with Crippen LogP contribution in [-0.2, 0) is 16.0 Å². The van der Waals surface area contributed by atoms with E-state index in [2.05, 4.69) is 20.9 Å². The van der Waals surface area contributed by atoms with Gasteiger partial charge in [-0.25, -0.2) is 8.42 Å². The standard InChI is InChI=1S/C25H19BrF3NO3S/c26-22-9-8-17(15-23(22)34(32,33)13-3-12-31)16-4-1-5-18(14-16)19-10-11-30-24-20(19)6-2-7-21(24)25(27,28)29/h1-2,4-11,14-15,31H,3,12-13H2. The molecule has 1 heterocycles. The van der Waals surface area contributed by atoms with Crippen molar-refractivity contribution in [1.29, 1.82) is 0 Å². The summed E-state index contributed by atoms with van der Waals surface area (Å²) in [5, 5.41) is 9.38. The molecule has 176 valence electrons. The first kappa shape index (κ1) is 24.4. The zero-order chi connectivity index (χ0) is 24.5. The van der Waals surface area contributed by atoms with E-state index < -0.39 is 21.6 Å². The van der Waals surface area contributed by atoms with Crippen molar-refractivity contribution in [1.82, 2.24) is 4.98 Å². The van der Waals surface area contributed by atoms with E-state index in [1.54, 1.807) is 48.5 Å². The van der Waals surface area contributed by atoms with E-state index in [9.17, 15) is 21.6 Å². The lowest BCUT2D eigenvalue weighted by Gasteiger charge is -2.13. The van der Waals surface area contributed by atoms with Gasteiger partial charge in [-0.15, -0.1) is 0 Å². The highest BCUT2D eigenvalue weighted by Gasteiger charge is 2.33. The number of fused-ring (bicyclic) bond motifs is 1. The van der Waals surface area contributed by atoms with Crippen molar-refractivity contribution in [2.75, 3.05) is 12.4 Å². The topological polar surface area (TPSA) is 67.3 Å². The third-order valence-corrected chi connectivity index (χ3v) is 8.21. The summed E-state index contributed by atoms with van der Waals surface area (Å²) in [4.78, 5) is 4.10. The Bertz CT molecular complexity index is 1470. The van der Waals surface area contributed by atoms with Crippen LogP contribution in [0, 0.1) is 0 Å². The summed E-state index contributed by atoms with van der Waals surface area (Å²) in [6, 6.07) is 17.8. The van der Waals surface area contributed by atoms with Crippen LogP contribution in [0.5, 0.6) is 0 Å². The first-order valence-corrected chi connectivity index (χ1v) is 12.8. The number of para-hydroxylation sites is 1. The molecule has 4 rings (SSSR count). The summed E-state index contributed by atoms with van der Waals surface area (Å²) in [5.41, 5.74) is 1.69. The maximum absolute atomic E-state index is 13.5. The van der Waals surface area contributed by atoms with Gasteiger partial charge in [0.1, 0.15) is 0 Å². The largest absolute Gasteiger partial charge is 0.418 e. The molecule has 0 fully saturated rings. The molecule has 0 spiro atoms. The predicted octanol–water partition coefficient (Wildman–Crippen LogP) is 6.51. The Kier molecular flexibility index (Phi) is 6.80. The van der Waals surface area contributed by atoms with Crippen LogP contribution in [0.25, 0.3) is 33.2 Å². The number of nitrogens with zero attached hydrogens (tertiary/aromatic N) is 1. The molecule has 0 amide bonds. The molecule has 4 aromatic rings. The molecule has 34 heavy (non-hydrogen) atoms. The fourth-order valence-electron chi connectivity index (χ4n) is 3.81. The summed E-state index contributed by atoms with van der Waals surface area (Å²) in [6.45, 7) is -0.228. The number of hydrogen-bond donors (Lipinski definition) is 1. The van der Waals surface area contributed by atoms with Crippen LogP contribution in [0.1, 0.15) is 12.0 Å². The van der Waals surface area contributed by atoms with Gasteiger partial charge < -0.3 is 5.11 Å². The molecule has 0 aliphatic carbocycles. The summed E-state index contributed by atoms with van der Waals surface area (Å²) >= 11 is 3.29. The van der Waals surface area contributed by atoms with Crippen LogP contribution < -0.4 is 0 Å². The molecule has 0 unspecified atom stereocenters. The van der Waals surface area contributed by atoms with Gasteiger partial charge in [-0.1, -0.05) is 36.4 Å². The van der Waals surface area contributed by atoms with E-state index >= 15 is 0 Å². The second-order valence-corrected chi connectivity index (χ2v) is 10.6. The van der Waals surface area contributed by atoms with Crippen LogP contribution in [0.2, 0.25) is 0 Å². The minimum absolute atomic E-state index is 0.119. The lowest BCUT2D eigenvalue weighted by molar-refractivity contribution is -0.136. The van der Waals surface area contributed by atoms with Gasteiger partial charge in [0.2, 0.25) is 0 Å². The van der Waals surface area contributed by atoms with Crippen molar-refractivity contribution in [2.24, 2.45) is 0 Å². The summed E-state index contributed by atoms with van der Waals surface area (Å²) in [7, 11) is -3.62. The van der Waals surface area contributed by atoms with Gasteiger partial charge >= 0.3 is 6.18 Å². The van der Waals surface area contributed by atoms with Crippen LogP contribution in [0.3, 0.4) is 0 Å². The first-order valence-electron chi connectivity index (χ1n) is 10.3. The number of benzene rings is 3. The Morgan fingerprint density at radius 1 is 0.912 bits per heavy atom. The van der Waals surface area contributed by atoms with E-state index in [0.717, 1.165) is 6.07 Å². The highest BCUT2D eigenvalue weighted by molar-refractivity contribution is 9.10. The number of aliphatic hydroxyl groups is 1. The highest BCUT2D eigenvalue weighted by Crippen LogP contribution is 2.38. The molecule has 0 saturated heterocycles. The lowest BCUT2D eigenvalue weighted by Crippen LogP contribution is -2.09. The third-order valence-electron chi connectivity index (χ3n) is 5.42. The highest BCUT2D eigenvalue weighted by atomic mass is 79.9. The molecule has 1 N–H and O–H groups in total. The van der Waals surface area contributed by atoms with Gasteiger partial charge in [-0.3, -0.25) is 4.98 Å². The monoisotopic (exact) mass is 549 g/mol. The average molecular weight is 550 g/mol. The first-order chi connectivity index (χ1) is 16.1. The molecule has 0 atom stereocenters. The molecule has 1 aromatic heterocycles. The number of pyridine rings is 1. The molecule has 0 aliphatic heterocycles.